The Morgan fingerprint density at radius 1 is 0.647 bits per heavy atom. The molecule has 1 atom stereocenters. The third kappa shape index (κ3) is 6.49. The van der Waals surface area contributed by atoms with Gasteiger partial charge in [0.15, 0.2) is 6.35 Å². The lowest BCUT2D eigenvalue weighted by Crippen LogP contribution is -3.00. The van der Waals surface area contributed by atoms with Gasteiger partial charge in [-0.05, 0) is 61.7 Å². The van der Waals surface area contributed by atoms with Gasteiger partial charge in [0, 0.05) is 0 Å². The Kier molecular flexibility index (Phi) is 9.74. The Balaban J connectivity index is 0.00000324. The molecule has 0 aliphatic rings. The van der Waals surface area contributed by atoms with E-state index in [-0.39, 0.29) is 12.4 Å². The first-order chi connectivity index (χ1) is 16.1. The number of alkyl halides is 1. The molecular formula is C30H31Cl2OP. The van der Waals surface area contributed by atoms with Crippen LogP contribution in [0.15, 0.2) is 121 Å². The summed E-state index contributed by atoms with van der Waals surface area (Å²) in [5.74, 6) is 0. The summed E-state index contributed by atoms with van der Waals surface area (Å²) in [5.41, 5.74) is 1.31. The Hall–Kier alpha value is -2.15. The zero-order valence-corrected chi connectivity index (χ0v) is 21.9. The summed E-state index contributed by atoms with van der Waals surface area (Å²) < 4.78 is 6.53. The summed E-state index contributed by atoms with van der Waals surface area (Å²) >= 11 is 6.94. The van der Waals surface area contributed by atoms with E-state index in [9.17, 15) is 0 Å². The minimum atomic E-state index is -2.00. The lowest BCUT2D eigenvalue weighted by molar-refractivity contribution is -0.00000674. The molecule has 176 valence electrons. The zero-order chi connectivity index (χ0) is 23.0. The number of halogens is 2. The van der Waals surface area contributed by atoms with Crippen LogP contribution in [0.4, 0.5) is 0 Å². The summed E-state index contributed by atoms with van der Waals surface area (Å²) in [6, 6.07) is 43.0. The smallest absolute Gasteiger partial charge is 0.171 e. The molecule has 4 aromatic rings. The van der Waals surface area contributed by atoms with E-state index in [2.05, 4.69) is 122 Å². The van der Waals surface area contributed by atoms with Crippen molar-refractivity contribution in [3.05, 3.63) is 127 Å². The van der Waals surface area contributed by atoms with Crippen LogP contribution in [0.3, 0.4) is 0 Å². The molecule has 0 amide bonds. The van der Waals surface area contributed by atoms with E-state index in [1.54, 1.807) is 0 Å². The normalized spacial score (nSPS) is 13.0. The van der Waals surface area contributed by atoms with Crippen molar-refractivity contribution < 1.29 is 17.1 Å². The predicted octanol–water partition coefficient (Wildman–Crippen LogP) is 3.59. The van der Waals surface area contributed by atoms with Crippen LogP contribution in [-0.2, 0) is 11.2 Å². The molecule has 34 heavy (non-hydrogen) atoms. The summed E-state index contributed by atoms with van der Waals surface area (Å²) in [6.45, 7) is 2.60. The molecule has 0 heterocycles. The van der Waals surface area contributed by atoms with Crippen molar-refractivity contribution >= 4 is 34.8 Å². The Morgan fingerprint density at radius 2 is 1.03 bits per heavy atom. The van der Waals surface area contributed by atoms with Crippen molar-refractivity contribution in [3.63, 3.8) is 0 Å². The summed E-state index contributed by atoms with van der Waals surface area (Å²) in [4.78, 5) is -0.421. The standard InChI is InChI=1S/C30H31ClOP.ClH/c1-30(31,23-22-26-14-6-2-7-15-26)24-32-25-33(27-16-8-3-9-17-27,28-18-10-4-11-19-28)29-20-12-5-13-21-29;/h2-21H,22-25H2,1H3;1H/q+1;/p-1. The maximum absolute atomic E-state index is 6.94. The molecule has 1 nitrogen and oxygen atoms in total. The van der Waals surface area contributed by atoms with Crippen LogP contribution in [0.2, 0.25) is 0 Å². The van der Waals surface area contributed by atoms with Gasteiger partial charge in [0.25, 0.3) is 0 Å². The predicted molar refractivity (Wildman–Crippen MR) is 145 cm³/mol. The van der Waals surface area contributed by atoms with Crippen molar-refractivity contribution in [2.75, 3.05) is 13.0 Å². The van der Waals surface area contributed by atoms with Gasteiger partial charge in [0.05, 0.1) is 11.5 Å². The molecule has 0 bridgehead atoms. The quantitative estimate of drug-likeness (QED) is 0.235. The fourth-order valence-corrected chi connectivity index (χ4v) is 8.16. The molecule has 0 spiro atoms. The van der Waals surface area contributed by atoms with Gasteiger partial charge >= 0.3 is 0 Å². The van der Waals surface area contributed by atoms with Crippen LogP contribution in [0.25, 0.3) is 0 Å². The van der Waals surface area contributed by atoms with Gasteiger partial charge in [-0.1, -0.05) is 84.9 Å². The first-order valence-electron chi connectivity index (χ1n) is 11.5. The highest BCUT2D eigenvalue weighted by Crippen LogP contribution is 2.55. The van der Waals surface area contributed by atoms with E-state index in [1.807, 2.05) is 6.07 Å². The lowest BCUT2D eigenvalue weighted by atomic mass is 10.0. The Morgan fingerprint density at radius 3 is 1.44 bits per heavy atom. The first-order valence-corrected chi connectivity index (χ1v) is 13.8. The van der Waals surface area contributed by atoms with Crippen molar-refractivity contribution in [3.8, 4) is 0 Å². The van der Waals surface area contributed by atoms with E-state index in [4.69, 9.17) is 16.3 Å². The second kappa shape index (κ2) is 12.5. The number of hydrogen-bond acceptors (Lipinski definition) is 1. The highest BCUT2D eigenvalue weighted by Gasteiger charge is 2.46. The summed E-state index contributed by atoms with van der Waals surface area (Å²) in [5, 5.41) is 3.97. The minimum Gasteiger partial charge on any atom is -1.00 e. The van der Waals surface area contributed by atoms with Gasteiger partial charge in [-0.25, -0.2) is 0 Å². The van der Waals surface area contributed by atoms with Gasteiger partial charge in [0.1, 0.15) is 23.2 Å². The maximum atomic E-state index is 6.94. The van der Waals surface area contributed by atoms with Crippen molar-refractivity contribution in [2.24, 2.45) is 0 Å². The third-order valence-corrected chi connectivity index (χ3v) is 10.5. The summed E-state index contributed by atoms with van der Waals surface area (Å²) in [6.07, 6.45) is 2.44. The average Bonchev–Trinajstić information content (AvgIpc) is 2.88. The fourth-order valence-electron chi connectivity index (χ4n) is 4.24. The van der Waals surface area contributed by atoms with E-state index in [0.717, 1.165) is 12.8 Å². The van der Waals surface area contributed by atoms with Crippen LogP contribution in [0, 0.1) is 0 Å². The molecule has 0 aliphatic heterocycles. The largest absolute Gasteiger partial charge is 1.00 e. The van der Waals surface area contributed by atoms with Gasteiger partial charge in [0.2, 0.25) is 0 Å². The number of ether oxygens (including phenoxy) is 1. The molecule has 0 fully saturated rings. The Bertz CT molecular complexity index is 1010. The van der Waals surface area contributed by atoms with Crippen LogP contribution < -0.4 is 28.3 Å². The summed E-state index contributed by atoms with van der Waals surface area (Å²) in [7, 11) is -2.00. The molecule has 0 saturated carbocycles. The van der Waals surface area contributed by atoms with Crippen LogP contribution in [0.1, 0.15) is 18.9 Å². The second-order valence-electron chi connectivity index (χ2n) is 8.69. The third-order valence-electron chi connectivity index (χ3n) is 6.06. The molecular weight excluding hydrogens is 478 g/mol. The van der Waals surface area contributed by atoms with E-state index in [0.29, 0.717) is 13.0 Å². The highest BCUT2D eigenvalue weighted by atomic mass is 35.5. The van der Waals surface area contributed by atoms with Crippen LogP contribution in [0.5, 0.6) is 0 Å². The topological polar surface area (TPSA) is 9.23 Å². The number of aryl methyl sites for hydroxylation is 1. The zero-order valence-electron chi connectivity index (χ0n) is 19.5. The lowest BCUT2D eigenvalue weighted by Gasteiger charge is -2.29. The molecule has 4 aromatic carbocycles. The van der Waals surface area contributed by atoms with Gasteiger partial charge in [-0.3, -0.25) is 0 Å². The molecule has 0 aromatic heterocycles. The minimum absolute atomic E-state index is 0. The van der Waals surface area contributed by atoms with E-state index in [1.165, 1.54) is 21.5 Å². The average molecular weight is 509 g/mol. The molecule has 4 rings (SSSR count). The van der Waals surface area contributed by atoms with Gasteiger partial charge in [-0.2, -0.15) is 0 Å². The van der Waals surface area contributed by atoms with Crippen LogP contribution in [-0.4, -0.2) is 17.8 Å². The first kappa shape index (κ1) is 26.5. The van der Waals surface area contributed by atoms with Gasteiger partial charge in [-0.15, -0.1) is 11.6 Å². The number of rotatable bonds is 10. The molecule has 4 heteroatoms. The van der Waals surface area contributed by atoms with E-state index >= 15 is 0 Å². The molecule has 0 N–H and O–H groups in total. The number of benzene rings is 4. The number of hydrogen-bond donors (Lipinski definition) is 0. The second-order valence-corrected chi connectivity index (χ2v) is 13.0. The fraction of sp³-hybridized carbons (Fsp3) is 0.200. The molecule has 0 aliphatic carbocycles. The maximum Gasteiger partial charge on any atom is 0.171 e. The van der Waals surface area contributed by atoms with Crippen molar-refractivity contribution in [1.82, 2.24) is 0 Å². The highest BCUT2D eigenvalue weighted by molar-refractivity contribution is 7.95. The molecule has 0 saturated heterocycles. The van der Waals surface area contributed by atoms with E-state index < -0.39 is 12.1 Å². The molecule has 0 radical (unpaired) electrons. The Labute approximate surface area is 215 Å². The van der Waals surface area contributed by atoms with Crippen molar-refractivity contribution in [1.29, 1.82) is 0 Å². The SMILES string of the molecule is CC(Cl)(CCc1ccccc1)COC[P+](c1ccccc1)(c1ccccc1)c1ccccc1.[Cl-]. The molecule has 1 unspecified atom stereocenters. The van der Waals surface area contributed by atoms with Crippen LogP contribution >= 0.6 is 18.9 Å². The van der Waals surface area contributed by atoms with Crippen molar-refractivity contribution in [2.45, 2.75) is 24.6 Å². The monoisotopic (exact) mass is 508 g/mol. The van der Waals surface area contributed by atoms with Gasteiger partial charge < -0.3 is 17.1 Å².